The number of rotatable bonds is 3. The van der Waals surface area contributed by atoms with Crippen LogP contribution in [0.5, 0.6) is 5.75 Å². The fraction of sp³-hybridized carbons (Fsp3) is 0.308. The van der Waals surface area contributed by atoms with E-state index in [4.69, 9.17) is 9.47 Å². The summed E-state index contributed by atoms with van der Waals surface area (Å²) in [7, 11) is 0. The van der Waals surface area contributed by atoms with Crippen molar-refractivity contribution in [1.82, 2.24) is 0 Å². The molecule has 0 heterocycles. The van der Waals surface area contributed by atoms with Crippen molar-refractivity contribution in [2.75, 3.05) is 0 Å². The standard InChI is InChI=1S/C13H13BrO3/c1-9(15)16-10-6-7-11(8-10)17-13-5-3-2-4-12(13)14/h2-7,10-11H,8H2,1H3/t10-,11+/m0/s1. The molecule has 3 nitrogen and oxygen atoms in total. The Kier molecular flexibility index (Phi) is 3.84. The number of halogens is 1. The van der Waals surface area contributed by atoms with Crippen LogP contribution in [0.4, 0.5) is 0 Å². The average molecular weight is 297 g/mol. The van der Waals surface area contributed by atoms with Crippen molar-refractivity contribution in [3.8, 4) is 5.75 Å². The lowest BCUT2D eigenvalue weighted by Crippen LogP contribution is -2.18. The molecule has 0 N–H and O–H groups in total. The third kappa shape index (κ3) is 3.33. The first kappa shape index (κ1) is 12.2. The van der Waals surface area contributed by atoms with E-state index in [1.54, 1.807) is 0 Å². The van der Waals surface area contributed by atoms with Crippen LogP contribution in [-0.2, 0) is 9.53 Å². The van der Waals surface area contributed by atoms with Gasteiger partial charge in [0.15, 0.2) is 0 Å². The predicted octanol–water partition coefficient (Wildman–Crippen LogP) is 3.09. The highest BCUT2D eigenvalue weighted by Crippen LogP contribution is 2.27. The number of benzene rings is 1. The van der Waals surface area contributed by atoms with E-state index in [1.807, 2.05) is 36.4 Å². The summed E-state index contributed by atoms with van der Waals surface area (Å²) in [5.41, 5.74) is 0. The molecule has 1 aliphatic rings. The third-order valence-corrected chi connectivity index (χ3v) is 3.09. The highest BCUT2D eigenvalue weighted by molar-refractivity contribution is 9.10. The smallest absolute Gasteiger partial charge is 0.303 e. The molecule has 1 aliphatic carbocycles. The first-order chi connectivity index (χ1) is 8.15. The molecule has 0 bridgehead atoms. The van der Waals surface area contributed by atoms with Crippen molar-refractivity contribution >= 4 is 21.9 Å². The number of carbonyl (C=O) groups excluding carboxylic acids is 1. The maximum Gasteiger partial charge on any atom is 0.303 e. The van der Waals surface area contributed by atoms with Crippen molar-refractivity contribution in [1.29, 1.82) is 0 Å². The minimum absolute atomic E-state index is 0.0435. The first-order valence-electron chi connectivity index (χ1n) is 5.42. The van der Waals surface area contributed by atoms with Gasteiger partial charge < -0.3 is 9.47 Å². The van der Waals surface area contributed by atoms with Crippen LogP contribution < -0.4 is 4.74 Å². The van der Waals surface area contributed by atoms with E-state index in [1.165, 1.54) is 6.92 Å². The van der Waals surface area contributed by atoms with Crippen LogP contribution in [0.2, 0.25) is 0 Å². The number of para-hydroxylation sites is 1. The Morgan fingerprint density at radius 3 is 2.71 bits per heavy atom. The SMILES string of the molecule is CC(=O)O[C@H]1C=C[C@@H](Oc2ccccc2Br)C1. The second kappa shape index (κ2) is 5.36. The lowest BCUT2D eigenvalue weighted by Gasteiger charge is -2.15. The molecule has 0 aromatic heterocycles. The van der Waals surface area contributed by atoms with Gasteiger partial charge >= 0.3 is 5.97 Å². The van der Waals surface area contributed by atoms with E-state index in [2.05, 4.69) is 15.9 Å². The molecular formula is C13H13BrO3. The fourth-order valence-electron chi connectivity index (χ4n) is 1.73. The Labute approximate surface area is 109 Å². The minimum Gasteiger partial charge on any atom is -0.485 e. The largest absolute Gasteiger partial charge is 0.485 e. The summed E-state index contributed by atoms with van der Waals surface area (Å²) in [5, 5.41) is 0. The summed E-state index contributed by atoms with van der Waals surface area (Å²) in [6.07, 6.45) is 4.25. The van der Waals surface area contributed by atoms with Gasteiger partial charge in [-0.1, -0.05) is 12.1 Å². The molecule has 17 heavy (non-hydrogen) atoms. The quantitative estimate of drug-likeness (QED) is 0.635. The van der Waals surface area contributed by atoms with E-state index in [-0.39, 0.29) is 18.2 Å². The summed E-state index contributed by atoms with van der Waals surface area (Å²) in [6.45, 7) is 1.41. The van der Waals surface area contributed by atoms with Crippen LogP contribution in [0.15, 0.2) is 40.9 Å². The van der Waals surface area contributed by atoms with E-state index >= 15 is 0 Å². The Bertz CT molecular complexity index is 442. The molecule has 0 unspecified atom stereocenters. The van der Waals surface area contributed by atoms with Crippen LogP contribution in [0.3, 0.4) is 0 Å². The molecule has 0 spiro atoms. The monoisotopic (exact) mass is 296 g/mol. The molecule has 0 saturated carbocycles. The highest BCUT2D eigenvalue weighted by Gasteiger charge is 2.22. The second-order valence-electron chi connectivity index (χ2n) is 3.86. The molecule has 90 valence electrons. The maximum atomic E-state index is 10.8. The van der Waals surface area contributed by atoms with Crippen molar-refractivity contribution in [3.05, 3.63) is 40.9 Å². The summed E-state index contributed by atoms with van der Waals surface area (Å²) >= 11 is 3.42. The predicted molar refractivity (Wildman–Crippen MR) is 67.9 cm³/mol. The molecule has 0 radical (unpaired) electrons. The topological polar surface area (TPSA) is 35.5 Å². The molecule has 4 heteroatoms. The van der Waals surface area contributed by atoms with Gasteiger partial charge in [0.25, 0.3) is 0 Å². The molecule has 1 aromatic carbocycles. The van der Waals surface area contributed by atoms with Gasteiger partial charge in [0.1, 0.15) is 18.0 Å². The average Bonchev–Trinajstić information content (AvgIpc) is 2.68. The summed E-state index contributed by atoms with van der Waals surface area (Å²) in [5.74, 6) is 0.534. The Morgan fingerprint density at radius 2 is 2.00 bits per heavy atom. The molecule has 1 aromatic rings. The van der Waals surface area contributed by atoms with Gasteiger partial charge in [0.05, 0.1) is 4.47 Å². The molecule has 0 fully saturated rings. The molecule has 2 rings (SSSR count). The molecule has 0 amide bonds. The van der Waals surface area contributed by atoms with E-state index in [0.29, 0.717) is 6.42 Å². The molecule has 0 saturated heterocycles. The third-order valence-electron chi connectivity index (χ3n) is 2.44. The number of ether oxygens (including phenoxy) is 2. The second-order valence-corrected chi connectivity index (χ2v) is 4.71. The maximum absolute atomic E-state index is 10.8. The van der Waals surface area contributed by atoms with E-state index in [9.17, 15) is 4.79 Å². The number of carbonyl (C=O) groups is 1. The zero-order valence-electron chi connectivity index (χ0n) is 9.43. The molecule has 0 aliphatic heterocycles. The molecular weight excluding hydrogens is 284 g/mol. The van der Waals surface area contributed by atoms with Crippen molar-refractivity contribution in [2.45, 2.75) is 25.6 Å². The Hall–Kier alpha value is -1.29. The lowest BCUT2D eigenvalue weighted by atomic mass is 10.2. The first-order valence-corrected chi connectivity index (χ1v) is 6.21. The van der Waals surface area contributed by atoms with Crippen molar-refractivity contribution in [2.24, 2.45) is 0 Å². The van der Waals surface area contributed by atoms with Crippen LogP contribution in [0.25, 0.3) is 0 Å². The summed E-state index contributed by atoms with van der Waals surface area (Å²) < 4.78 is 11.8. The fourth-order valence-corrected chi connectivity index (χ4v) is 2.10. The van der Waals surface area contributed by atoms with Crippen molar-refractivity contribution in [3.63, 3.8) is 0 Å². The highest BCUT2D eigenvalue weighted by atomic mass is 79.9. The van der Waals surface area contributed by atoms with Crippen LogP contribution in [-0.4, -0.2) is 18.2 Å². The van der Waals surface area contributed by atoms with Gasteiger partial charge in [-0.15, -0.1) is 0 Å². The molecule has 2 atom stereocenters. The minimum atomic E-state index is -0.263. The summed E-state index contributed by atoms with van der Waals surface area (Å²) in [4.78, 5) is 10.8. The van der Waals surface area contributed by atoms with E-state index in [0.717, 1.165) is 10.2 Å². The number of hydrogen-bond acceptors (Lipinski definition) is 3. The Morgan fingerprint density at radius 1 is 1.29 bits per heavy atom. The van der Waals surface area contributed by atoms with Gasteiger partial charge in [-0.05, 0) is 40.2 Å². The van der Waals surface area contributed by atoms with Gasteiger partial charge in [-0.25, -0.2) is 0 Å². The van der Waals surface area contributed by atoms with Crippen molar-refractivity contribution < 1.29 is 14.3 Å². The van der Waals surface area contributed by atoms with Crippen LogP contribution in [0, 0.1) is 0 Å². The van der Waals surface area contributed by atoms with E-state index < -0.39 is 0 Å². The number of esters is 1. The van der Waals surface area contributed by atoms with Crippen LogP contribution in [0.1, 0.15) is 13.3 Å². The van der Waals surface area contributed by atoms with Gasteiger partial charge in [-0.2, -0.15) is 0 Å². The van der Waals surface area contributed by atoms with Gasteiger partial charge in [0.2, 0.25) is 0 Å². The lowest BCUT2D eigenvalue weighted by molar-refractivity contribution is -0.144. The normalized spacial score (nSPS) is 22.5. The Balaban J connectivity index is 1.93. The van der Waals surface area contributed by atoms with Gasteiger partial charge in [0, 0.05) is 13.3 Å². The number of hydrogen-bond donors (Lipinski definition) is 0. The zero-order valence-corrected chi connectivity index (χ0v) is 11.0. The zero-order chi connectivity index (χ0) is 12.3. The summed E-state index contributed by atoms with van der Waals surface area (Å²) in [6, 6.07) is 7.68. The van der Waals surface area contributed by atoms with Crippen LogP contribution >= 0.6 is 15.9 Å². The van der Waals surface area contributed by atoms with Gasteiger partial charge in [-0.3, -0.25) is 4.79 Å².